The molecule has 1 saturated heterocycles. The predicted octanol–water partition coefficient (Wildman–Crippen LogP) is 3.39. The van der Waals surface area contributed by atoms with Crippen molar-refractivity contribution in [1.29, 1.82) is 0 Å². The van der Waals surface area contributed by atoms with E-state index in [2.05, 4.69) is 15.6 Å². The average molecular weight is 437 g/mol. The number of amides is 3. The van der Waals surface area contributed by atoms with Gasteiger partial charge in [0.05, 0.1) is 25.1 Å². The Balaban J connectivity index is 1.47. The van der Waals surface area contributed by atoms with Gasteiger partial charge in [0.25, 0.3) is 0 Å². The van der Waals surface area contributed by atoms with Crippen LogP contribution in [0.3, 0.4) is 0 Å². The van der Waals surface area contributed by atoms with E-state index in [0.717, 1.165) is 0 Å². The Morgan fingerprint density at radius 1 is 1.21 bits per heavy atom. The minimum absolute atomic E-state index is 0.0456. The lowest BCUT2D eigenvalue weighted by Gasteiger charge is -2.30. The van der Waals surface area contributed by atoms with Crippen molar-refractivity contribution in [2.24, 2.45) is 5.92 Å². The lowest BCUT2D eigenvalue weighted by Crippen LogP contribution is -2.41. The third-order valence-electron chi connectivity index (χ3n) is 4.59. The van der Waals surface area contributed by atoms with Gasteiger partial charge in [-0.1, -0.05) is 11.6 Å². The van der Waals surface area contributed by atoms with E-state index in [4.69, 9.17) is 16.3 Å². The number of hydrogen-bond donors (Lipinski definition) is 2. The quantitative estimate of drug-likeness (QED) is 0.699. The van der Waals surface area contributed by atoms with Crippen LogP contribution in [0, 0.1) is 5.92 Å². The zero-order chi connectivity index (χ0) is 20.8. The van der Waals surface area contributed by atoms with Gasteiger partial charge in [0.15, 0.2) is 5.13 Å². The van der Waals surface area contributed by atoms with Crippen LogP contribution in [0.5, 0.6) is 0 Å². The van der Waals surface area contributed by atoms with Crippen LogP contribution in [0.25, 0.3) is 0 Å². The van der Waals surface area contributed by atoms with Crippen molar-refractivity contribution in [2.45, 2.75) is 19.3 Å². The topological polar surface area (TPSA) is 101 Å². The maximum atomic E-state index is 12.5. The Labute approximate surface area is 177 Å². The van der Waals surface area contributed by atoms with Crippen LogP contribution in [0.15, 0.2) is 29.6 Å². The molecule has 1 aliphatic rings. The minimum atomic E-state index is -0.426. The van der Waals surface area contributed by atoms with Gasteiger partial charge in [-0.2, -0.15) is 0 Å². The van der Waals surface area contributed by atoms with E-state index in [9.17, 15) is 14.4 Å². The first kappa shape index (κ1) is 21.1. The van der Waals surface area contributed by atoms with E-state index >= 15 is 0 Å². The predicted molar refractivity (Wildman–Crippen MR) is 111 cm³/mol. The van der Waals surface area contributed by atoms with Gasteiger partial charge in [-0.25, -0.2) is 9.78 Å². The normalized spacial score (nSPS) is 14.3. The van der Waals surface area contributed by atoms with E-state index < -0.39 is 6.03 Å². The lowest BCUT2D eigenvalue weighted by molar-refractivity contribution is -0.148. The largest absolute Gasteiger partial charge is 0.469 e. The van der Waals surface area contributed by atoms with E-state index in [1.807, 2.05) is 0 Å². The Morgan fingerprint density at radius 2 is 1.90 bits per heavy atom. The number of anilines is 2. The molecule has 8 nitrogen and oxygen atoms in total. The Morgan fingerprint density at radius 3 is 2.55 bits per heavy atom. The molecule has 3 amide bonds. The number of esters is 1. The SMILES string of the molecule is COC(=O)C1CCN(C(=O)Cc2csc(NC(=O)Nc3ccc(Cl)cc3)n2)CC1. The average Bonchev–Trinajstić information content (AvgIpc) is 3.15. The second-order valence-corrected chi connectivity index (χ2v) is 7.88. The van der Waals surface area contributed by atoms with E-state index in [-0.39, 0.29) is 24.2 Å². The fourth-order valence-electron chi connectivity index (χ4n) is 3.04. The van der Waals surface area contributed by atoms with Crippen molar-refractivity contribution in [3.63, 3.8) is 0 Å². The van der Waals surface area contributed by atoms with Gasteiger partial charge in [0.1, 0.15) is 0 Å². The smallest absolute Gasteiger partial charge is 0.325 e. The zero-order valence-corrected chi connectivity index (χ0v) is 17.4. The summed E-state index contributed by atoms with van der Waals surface area (Å²) in [5.41, 5.74) is 1.20. The van der Waals surface area contributed by atoms with Crippen LogP contribution >= 0.6 is 22.9 Å². The van der Waals surface area contributed by atoms with Crippen molar-refractivity contribution in [2.75, 3.05) is 30.8 Å². The number of carbonyl (C=O) groups is 3. The number of ether oxygens (including phenoxy) is 1. The van der Waals surface area contributed by atoms with Crippen molar-refractivity contribution >= 4 is 51.7 Å². The van der Waals surface area contributed by atoms with Gasteiger partial charge in [-0.05, 0) is 37.1 Å². The van der Waals surface area contributed by atoms with Gasteiger partial charge >= 0.3 is 12.0 Å². The number of nitrogens with one attached hydrogen (secondary N) is 2. The van der Waals surface area contributed by atoms with E-state index in [1.54, 1.807) is 34.5 Å². The van der Waals surface area contributed by atoms with Crippen molar-refractivity contribution in [1.82, 2.24) is 9.88 Å². The van der Waals surface area contributed by atoms with Crippen LogP contribution in [-0.2, 0) is 20.7 Å². The zero-order valence-electron chi connectivity index (χ0n) is 15.8. The molecule has 3 rings (SSSR count). The van der Waals surface area contributed by atoms with Crippen LogP contribution in [0.1, 0.15) is 18.5 Å². The molecule has 0 spiro atoms. The first-order valence-electron chi connectivity index (χ1n) is 9.08. The van der Waals surface area contributed by atoms with Crippen LogP contribution < -0.4 is 10.6 Å². The number of aromatic nitrogens is 1. The molecular weight excluding hydrogens is 416 g/mol. The highest BCUT2D eigenvalue weighted by atomic mass is 35.5. The number of urea groups is 1. The third kappa shape index (κ3) is 5.91. The highest BCUT2D eigenvalue weighted by molar-refractivity contribution is 7.14. The fourth-order valence-corrected chi connectivity index (χ4v) is 3.87. The number of carbonyl (C=O) groups excluding carboxylic acids is 3. The summed E-state index contributed by atoms with van der Waals surface area (Å²) in [6.07, 6.45) is 1.36. The van der Waals surface area contributed by atoms with Gasteiger partial charge in [-0.3, -0.25) is 14.9 Å². The summed E-state index contributed by atoms with van der Waals surface area (Å²) in [6, 6.07) is 6.31. The molecule has 0 atom stereocenters. The highest BCUT2D eigenvalue weighted by Crippen LogP contribution is 2.21. The Hall–Kier alpha value is -2.65. The Bertz CT molecular complexity index is 879. The minimum Gasteiger partial charge on any atom is -0.469 e. The highest BCUT2D eigenvalue weighted by Gasteiger charge is 2.28. The van der Waals surface area contributed by atoms with Gasteiger partial charge in [0.2, 0.25) is 5.91 Å². The molecule has 0 unspecified atom stereocenters. The molecule has 1 aromatic carbocycles. The summed E-state index contributed by atoms with van der Waals surface area (Å²) in [7, 11) is 1.38. The monoisotopic (exact) mass is 436 g/mol. The number of halogens is 1. The maximum absolute atomic E-state index is 12.5. The molecule has 2 N–H and O–H groups in total. The molecule has 0 radical (unpaired) electrons. The summed E-state index contributed by atoms with van der Waals surface area (Å²) in [5, 5.41) is 8.07. The van der Waals surface area contributed by atoms with Crippen molar-refractivity contribution < 1.29 is 19.1 Å². The number of methoxy groups -OCH3 is 1. The molecule has 29 heavy (non-hydrogen) atoms. The molecule has 1 aromatic heterocycles. The number of benzene rings is 1. The third-order valence-corrected chi connectivity index (χ3v) is 5.65. The summed E-state index contributed by atoms with van der Waals surface area (Å²) >= 11 is 7.07. The molecule has 2 heterocycles. The number of piperidine rings is 1. The summed E-state index contributed by atoms with van der Waals surface area (Å²) in [4.78, 5) is 42.1. The molecule has 0 saturated carbocycles. The van der Waals surface area contributed by atoms with Gasteiger partial charge in [0, 0.05) is 29.2 Å². The summed E-state index contributed by atoms with van der Waals surface area (Å²) in [5.74, 6) is -0.404. The molecule has 0 bridgehead atoms. The first-order chi connectivity index (χ1) is 13.9. The lowest BCUT2D eigenvalue weighted by atomic mass is 9.97. The summed E-state index contributed by atoms with van der Waals surface area (Å²) < 4.78 is 4.76. The number of nitrogens with zero attached hydrogens (tertiary/aromatic N) is 2. The van der Waals surface area contributed by atoms with E-state index in [1.165, 1.54) is 18.4 Å². The molecule has 2 aromatic rings. The fraction of sp³-hybridized carbons (Fsp3) is 0.368. The van der Waals surface area contributed by atoms with Crippen LogP contribution in [-0.4, -0.2) is 48.0 Å². The standard InChI is InChI=1S/C19H21ClN4O4S/c1-28-17(26)12-6-8-24(9-7-12)16(25)10-15-11-29-19(22-15)23-18(27)21-14-4-2-13(20)3-5-14/h2-5,11-12H,6-10H2,1H3,(H2,21,22,23,27). The number of hydrogen-bond acceptors (Lipinski definition) is 6. The molecule has 1 aliphatic heterocycles. The molecule has 10 heteroatoms. The van der Waals surface area contributed by atoms with Crippen LogP contribution in [0.4, 0.5) is 15.6 Å². The first-order valence-corrected chi connectivity index (χ1v) is 10.3. The number of rotatable bonds is 5. The molecule has 0 aliphatic carbocycles. The molecule has 154 valence electrons. The van der Waals surface area contributed by atoms with E-state index in [0.29, 0.717) is 47.5 Å². The van der Waals surface area contributed by atoms with Gasteiger partial charge < -0.3 is 15.0 Å². The molecule has 1 fully saturated rings. The molecular formula is C19H21ClN4O4S. The second-order valence-electron chi connectivity index (χ2n) is 6.59. The number of thiazole rings is 1. The van der Waals surface area contributed by atoms with Crippen molar-refractivity contribution in [3.8, 4) is 0 Å². The maximum Gasteiger partial charge on any atom is 0.325 e. The second kappa shape index (κ2) is 9.71. The Kier molecular flexibility index (Phi) is 7.05. The van der Waals surface area contributed by atoms with Gasteiger partial charge in [-0.15, -0.1) is 11.3 Å². The van der Waals surface area contributed by atoms with Crippen molar-refractivity contribution in [3.05, 3.63) is 40.4 Å². The summed E-state index contributed by atoms with van der Waals surface area (Å²) in [6.45, 7) is 1.05. The number of likely N-dealkylation sites (tertiary alicyclic amines) is 1. The van der Waals surface area contributed by atoms with Crippen LogP contribution in [0.2, 0.25) is 5.02 Å².